The van der Waals surface area contributed by atoms with Crippen molar-refractivity contribution in [1.82, 2.24) is 4.90 Å². The highest BCUT2D eigenvalue weighted by Gasteiger charge is 2.66. The van der Waals surface area contributed by atoms with Crippen LogP contribution in [-0.2, 0) is 20.9 Å². The Balaban J connectivity index is 1.48. The minimum Gasteiger partial charge on any atom is -0.459 e. The van der Waals surface area contributed by atoms with Gasteiger partial charge >= 0.3 is 6.09 Å². The number of nitrogens with zero attached hydrogens (tertiary/aromatic N) is 2. The zero-order valence-electron chi connectivity index (χ0n) is 39.0. The van der Waals surface area contributed by atoms with Crippen molar-refractivity contribution in [3.8, 4) is 17.2 Å². The van der Waals surface area contributed by atoms with E-state index in [2.05, 4.69) is 75.5 Å². The number of rotatable bonds is 20. The fourth-order valence-electron chi connectivity index (χ4n) is 10.0. The summed E-state index contributed by atoms with van der Waals surface area (Å²) in [6, 6.07) is 25.7. The second-order valence-corrected chi connectivity index (χ2v) is 18.8. The molecule has 4 aromatic rings. The van der Waals surface area contributed by atoms with Crippen molar-refractivity contribution in [2.24, 2.45) is 22.9 Å². The van der Waals surface area contributed by atoms with Gasteiger partial charge in [-0.3, -0.25) is 4.90 Å². The van der Waals surface area contributed by atoms with E-state index in [9.17, 15) is 15.0 Å². The molecule has 0 saturated heterocycles. The number of allylic oxidation sites excluding steroid dienone is 1. The van der Waals surface area contributed by atoms with E-state index in [1.165, 1.54) is 5.56 Å². The molecule has 4 aromatic carbocycles. The molecule has 0 bridgehead atoms. The molecule has 10 heteroatoms. The minimum atomic E-state index is -1.46. The molecule has 2 N–H and O–H groups in total. The molecular formula is C55H68N2O8. The van der Waals surface area contributed by atoms with Crippen LogP contribution in [0.25, 0.3) is 10.8 Å². The third kappa shape index (κ3) is 10.7. The van der Waals surface area contributed by atoms with Gasteiger partial charge in [0, 0.05) is 31.1 Å². The predicted molar refractivity (Wildman–Crippen MR) is 257 cm³/mol. The monoisotopic (exact) mass is 884 g/mol. The van der Waals surface area contributed by atoms with Gasteiger partial charge in [-0.05, 0) is 142 Å². The standard InChI is InChI=1S/C55H68N2O8/c1-8-10-31-61-53(60)57(36-41-21-17-20-39-18-11-12-22-44(39)41)50-35-48(56-65-54(5,6)7)46-33-40(19-13-15-28-58)45(23-14-16-29-59)51-47-34-43(63-42-25-24-37(3)38(4)32-42)26-27-49(47)64-55(50,52(46)51)62-30-9-2/h8-9,11-12,17-18,20-22,24-27,32-34,40,45,50-52,58-59H,1-2,10,13-16,19,23,28-31,35-36H2,3-7H3. The maximum atomic E-state index is 15.0. The minimum absolute atomic E-state index is 0.0508. The number of aryl methyl sites for hydroxylation is 2. The summed E-state index contributed by atoms with van der Waals surface area (Å²) >= 11 is 0. The summed E-state index contributed by atoms with van der Waals surface area (Å²) in [7, 11) is 0. The predicted octanol–water partition coefficient (Wildman–Crippen LogP) is 11.9. The van der Waals surface area contributed by atoms with Gasteiger partial charge in [0.25, 0.3) is 0 Å². The van der Waals surface area contributed by atoms with E-state index in [1.54, 1.807) is 17.1 Å². The van der Waals surface area contributed by atoms with Gasteiger partial charge in [0.2, 0.25) is 5.79 Å². The van der Waals surface area contributed by atoms with Crippen LogP contribution in [0.5, 0.6) is 17.2 Å². The third-order valence-corrected chi connectivity index (χ3v) is 13.2. The first-order valence-electron chi connectivity index (χ1n) is 23.4. The molecule has 1 fully saturated rings. The zero-order valence-corrected chi connectivity index (χ0v) is 39.0. The van der Waals surface area contributed by atoms with Crippen molar-refractivity contribution < 1.29 is 38.8 Å². The molecule has 10 nitrogen and oxygen atoms in total. The van der Waals surface area contributed by atoms with Crippen LogP contribution >= 0.6 is 0 Å². The Morgan fingerprint density at radius 1 is 0.908 bits per heavy atom. The number of hydrogen-bond donors (Lipinski definition) is 2. The number of oxime groups is 1. The first-order chi connectivity index (χ1) is 31.4. The topological polar surface area (TPSA) is 119 Å². The van der Waals surface area contributed by atoms with E-state index in [0.717, 1.165) is 70.2 Å². The number of amides is 1. The number of benzene rings is 4. The fraction of sp³-hybridized carbons (Fsp3) is 0.455. The Bertz CT molecular complexity index is 2360. The van der Waals surface area contributed by atoms with Crippen LogP contribution in [0.4, 0.5) is 4.79 Å². The summed E-state index contributed by atoms with van der Waals surface area (Å²) in [5, 5.41) is 27.1. The summed E-state index contributed by atoms with van der Waals surface area (Å²) in [6.45, 7) is 18.8. The van der Waals surface area contributed by atoms with E-state index in [4.69, 9.17) is 28.9 Å². The van der Waals surface area contributed by atoms with Gasteiger partial charge in [-0.15, -0.1) is 13.2 Å². The summed E-state index contributed by atoms with van der Waals surface area (Å²) in [5.41, 5.74) is 5.32. The van der Waals surface area contributed by atoms with Crippen LogP contribution in [0.15, 0.2) is 121 Å². The van der Waals surface area contributed by atoms with Gasteiger partial charge in [-0.1, -0.05) is 84.8 Å². The van der Waals surface area contributed by atoms with E-state index in [0.29, 0.717) is 30.8 Å². The van der Waals surface area contributed by atoms with Crippen molar-refractivity contribution in [3.05, 3.63) is 138 Å². The molecule has 0 spiro atoms. The van der Waals surface area contributed by atoms with Crippen LogP contribution < -0.4 is 9.47 Å². The highest BCUT2D eigenvalue weighted by Crippen LogP contribution is 2.62. The van der Waals surface area contributed by atoms with Gasteiger partial charge in [0.1, 0.15) is 28.9 Å². The molecule has 0 radical (unpaired) electrons. The van der Waals surface area contributed by atoms with Crippen molar-refractivity contribution in [3.63, 3.8) is 0 Å². The van der Waals surface area contributed by atoms with E-state index in [-0.39, 0.29) is 57.1 Å². The van der Waals surface area contributed by atoms with Crippen molar-refractivity contribution in [2.75, 3.05) is 26.4 Å². The SMILES string of the molecule is C=CCCOC(=O)N(Cc1cccc2ccccc12)C1CC(=NOC(C)(C)C)C2=CC(CCCCO)C(CCCCO)C3c4cc(Oc5ccc(C)c(C)c5)ccc4OC1(OCC=C)C23. The Labute approximate surface area is 385 Å². The molecular weight excluding hydrogens is 817 g/mol. The van der Waals surface area contributed by atoms with E-state index < -0.39 is 29.4 Å². The fourth-order valence-corrected chi connectivity index (χ4v) is 10.0. The summed E-state index contributed by atoms with van der Waals surface area (Å²) in [6.07, 6.45) is 10.7. The number of aliphatic hydroxyl groups is 2. The van der Waals surface area contributed by atoms with Crippen molar-refractivity contribution in [2.45, 2.75) is 116 Å². The van der Waals surface area contributed by atoms with Gasteiger partial charge in [0.05, 0.1) is 31.4 Å². The van der Waals surface area contributed by atoms with Crippen molar-refractivity contribution >= 4 is 22.6 Å². The lowest BCUT2D eigenvalue weighted by Crippen LogP contribution is -2.70. The summed E-state index contributed by atoms with van der Waals surface area (Å²) < 4.78 is 27.4. The first kappa shape index (κ1) is 47.5. The van der Waals surface area contributed by atoms with Crippen LogP contribution in [-0.4, -0.2) is 70.8 Å². The third-order valence-electron chi connectivity index (χ3n) is 13.2. The van der Waals surface area contributed by atoms with Crippen LogP contribution in [0.3, 0.4) is 0 Å². The highest BCUT2D eigenvalue weighted by molar-refractivity contribution is 6.03. The van der Waals surface area contributed by atoms with Gasteiger partial charge in [0.15, 0.2) is 0 Å². The van der Waals surface area contributed by atoms with Crippen LogP contribution in [0, 0.1) is 31.6 Å². The summed E-state index contributed by atoms with van der Waals surface area (Å²) in [5.74, 6) is 0.0304. The number of carbonyl (C=O) groups is 1. The Kier molecular flexibility index (Phi) is 15.5. The molecule has 2 aliphatic carbocycles. The lowest BCUT2D eigenvalue weighted by atomic mass is 9.55. The average Bonchev–Trinajstić information content (AvgIpc) is 3.29. The normalized spacial score (nSPS) is 22.8. The van der Waals surface area contributed by atoms with Crippen molar-refractivity contribution in [1.29, 1.82) is 0 Å². The lowest BCUT2D eigenvalue weighted by Gasteiger charge is -2.60. The first-order valence-corrected chi connectivity index (χ1v) is 23.4. The van der Waals surface area contributed by atoms with Gasteiger partial charge < -0.3 is 34.0 Å². The van der Waals surface area contributed by atoms with Crippen LogP contribution in [0.2, 0.25) is 0 Å². The quantitative estimate of drug-likeness (QED) is 0.0512. The van der Waals surface area contributed by atoms with E-state index in [1.807, 2.05) is 57.2 Å². The largest absolute Gasteiger partial charge is 0.459 e. The molecule has 1 aliphatic heterocycles. The van der Waals surface area contributed by atoms with E-state index >= 15 is 0 Å². The molecule has 6 unspecified atom stereocenters. The lowest BCUT2D eigenvalue weighted by molar-refractivity contribution is -0.256. The van der Waals surface area contributed by atoms with Crippen LogP contribution in [0.1, 0.15) is 100 Å². The number of aliphatic hydroxyl groups excluding tert-OH is 2. The van der Waals surface area contributed by atoms with Gasteiger partial charge in [-0.25, -0.2) is 4.79 Å². The molecule has 6 atom stereocenters. The Morgan fingerprint density at radius 3 is 2.38 bits per heavy atom. The highest BCUT2D eigenvalue weighted by atomic mass is 16.7. The molecule has 3 aliphatic rings. The number of ether oxygens (including phenoxy) is 4. The molecule has 65 heavy (non-hydrogen) atoms. The smallest absolute Gasteiger partial charge is 0.410 e. The Morgan fingerprint density at radius 2 is 1.65 bits per heavy atom. The maximum Gasteiger partial charge on any atom is 0.410 e. The molecule has 1 heterocycles. The molecule has 7 rings (SSSR count). The average molecular weight is 885 g/mol. The molecule has 346 valence electrons. The molecule has 0 aromatic heterocycles. The second kappa shape index (κ2) is 21.3. The Hall–Kier alpha value is -5.42. The number of carbonyl (C=O) groups excluding carboxylic acids is 1. The zero-order chi connectivity index (χ0) is 46.1. The summed E-state index contributed by atoms with van der Waals surface area (Å²) in [4.78, 5) is 23.1. The number of fused-ring (bicyclic) bond motifs is 3. The maximum absolute atomic E-state index is 15.0. The number of unbranched alkanes of at least 4 members (excludes halogenated alkanes) is 2. The number of hydrogen-bond acceptors (Lipinski definition) is 9. The van der Waals surface area contributed by atoms with Gasteiger partial charge in [-0.2, -0.15) is 0 Å². The second-order valence-electron chi connectivity index (χ2n) is 18.8. The molecule has 1 amide bonds. The molecule has 1 saturated carbocycles.